The van der Waals surface area contributed by atoms with Gasteiger partial charge in [-0.3, -0.25) is 0 Å². The summed E-state index contributed by atoms with van der Waals surface area (Å²) in [7, 11) is 3.11. The first-order chi connectivity index (χ1) is 10.8. The molecule has 1 aromatic heterocycles. The van der Waals surface area contributed by atoms with Gasteiger partial charge >= 0.3 is 0 Å². The lowest BCUT2D eigenvalue weighted by atomic mass is 10.2. The second kappa shape index (κ2) is 6.95. The first-order valence-corrected chi connectivity index (χ1v) is 7.08. The van der Waals surface area contributed by atoms with Crippen LogP contribution in [0.1, 0.15) is 18.2 Å². The molecular formula is C15H16ClF2N3O2. The van der Waals surface area contributed by atoms with Crippen molar-refractivity contribution in [3.63, 3.8) is 0 Å². The minimum absolute atomic E-state index is 0.292. The van der Waals surface area contributed by atoms with Crippen molar-refractivity contribution in [3.05, 3.63) is 40.8 Å². The quantitative estimate of drug-likeness (QED) is 0.862. The lowest BCUT2D eigenvalue weighted by molar-refractivity contribution is 0.0125. The Bertz CT molecular complexity index is 693. The summed E-state index contributed by atoms with van der Waals surface area (Å²) in [4.78, 5) is 7.56. The summed E-state index contributed by atoms with van der Waals surface area (Å²) in [5.41, 5.74) is 0.294. The second-order valence-electron chi connectivity index (χ2n) is 4.81. The highest BCUT2D eigenvalue weighted by molar-refractivity contribution is 6.30. The zero-order valence-electron chi connectivity index (χ0n) is 12.9. The largest absolute Gasteiger partial charge is 0.497 e. The summed E-state index contributed by atoms with van der Waals surface area (Å²) in [5, 5.41) is 2.64. The Morgan fingerprint density at radius 2 is 2.00 bits per heavy atom. The Kier molecular flexibility index (Phi) is 5.20. The summed E-state index contributed by atoms with van der Waals surface area (Å²) in [6, 6.07) is 5.36. The van der Waals surface area contributed by atoms with Crippen LogP contribution in [0.3, 0.4) is 0 Å². The van der Waals surface area contributed by atoms with E-state index in [0.29, 0.717) is 23.9 Å². The molecule has 5 nitrogen and oxygen atoms in total. The smallest absolute Gasteiger partial charge is 0.290 e. The van der Waals surface area contributed by atoms with Gasteiger partial charge in [-0.1, -0.05) is 11.6 Å². The van der Waals surface area contributed by atoms with Gasteiger partial charge in [-0.15, -0.1) is 0 Å². The SMILES string of the molecule is COc1ccc(CNc2cnc(C(C)(F)F)c(Cl)n2)c(OC)c1. The molecular weight excluding hydrogens is 328 g/mol. The zero-order valence-corrected chi connectivity index (χ0v) is 13.6. The van der Waals surface area contributed by atoms with Crippen LogP contribution in [0.2, 0.25) is 5.15 Å². The Hall–Kier alpha value is -2.15. The number of alkyl halides is 2. The van der Waals surface area contributed by atoms with Gasteiger partial charge in [0.1, 0.15) is 23.0 Å². The summed E-state index contributed by atoms with van der Waals surface area (Å²) in [6.45, 7) is 1.08. The molecule has 23 heavy (non-hydrogen) atoms. The van der Waals surface area contributed by atoms with E-state index >= 15 is 0 Å². The van der Waals surface area contributed by atoms with Crippen molar-refractivity contribution >= 4 is 17.4 Å². The van der Waals surface area contributed by atoms with Gasteiger partial charge in [-0.2, -0.15) is 8.78 Å². The summed E-state index contributed by atoms with van der Waals surface area (Å²) in [5.74, 6) is -1.54. The summed E-state index contributed by atoms with van der Waals surface area (Å²) >= 11 is 5.76. The Morgan fingerprint density at radius 1 is 1.26 bits per heavy atom. The molecule has 0 unspecified atom stereocenters. The Labute approximate surface area is 137 Å². The lowest BCUT2D eigenvalue weighted by Gasteiger charge is -2.13. The maximum absolute atomic E-state index is 13.2. The molecule has 1 heterocycles. The van der Waals surface area contributed by atoms with Crippen LogP contribution in [0.15, 0.2) is 24.4 Å². The van der Waals surface area contributed by atoms with E-state index < -0.39 is 11.6 Å². The molecule has 0 aliphatic rings. The maximum Gasteiger partial charge on any atom is 0.290 e. The molecule has 124 valence electrons. The van der Waals surface area contributed by atoms with Gasteiger partial charge in [-0.25, -0.2) is 9.97 Å². The van der Waals surface area contributed by atoms with Gasteiger partial charge in [0, 0.05) is 25.1 Å². The summed E-state index contributed by atoms with van der Waals surface area (Å²) in [6.07, 6.45) is 1.22. The van der Waals surface area contributed by atoms with Crippen LogP contribution in [-0.4, -0.2) is 24.2 Å². The molecule has 1 aromatic carbocycles. The van der Waals surface area contributed by atoms with Gasteiger partial charge in [-0.05, 0) is 12.1 Å². The first kappa shape index (κ1) is 17.2. The van der Waals surface area contributed by atoms with Crippen molar-refractivity contribution in [2.24, 2.45) is 0 Å². The second-order valence-corrected chi connectivity index (χ2v) is 5.17. The lowest BCUT2D eigenvalue weighted by Crippen LogP contribution is -2.13. The molecule has 0 saturated heterocycles. The van der Waals surface area contributed by atoms with E-state index in [-0.39, 0.29) is 5.15 Å². The molecule has 0 amide bonds. The number of nitrogens with one attached hydrogen (secondary N) is 1. The molecule has 2 aromatic rings. The number of methoxy groups -OCH3 is 2. The van der Waals surface area contributed by atoms with Crippen LogP contribution in [-0.2, 0) is 12.5 Å². The van der Waals surface area contributed by atoms with Gasteiger partial charge < -0.3 is 14.8 Å². The number of ether oxygens (including phenoxy) is 2. The van der Waals surface area contributed by atoms with Crippen molar-refractivity contribution in [2.75, 3.05) is 19.5 Å². The highest BCUT2D eigenvalue weighted by Crippen LogP contribution is 2.30. The molecule has 0 saturated carbocycles. The average molecular weight is 344 g/mol. The van der Waals surface area contributed by atoms with Crippen molar-refractivity contribution in [2.45, 2.75) is 19.4 Å². The molecule has 0 aliphatic heterocycles. The number of halogens is 3. The third kappa shape index (κ3) is 4.19. The van der Waals surface area contributed by atoms with Gasteiger partial charge in [0.15, 0.2) is 5.15 Å². The monoisotopic (exact) mass is 343 g/mol. The molecule has 2 rings (SSSR count). The van der Waals surface area contributed by atoms with E-state index in [4.69, 9.17) is 21.1 Å². The minimum Gasteiger partial charge on any atom is -0.497 e. The Balaban J connectivity index is 2.14. The third-order valence-corrected chi connectivity index (χ3v) is 3.36. The molecule has 1 N–H and O–H groups in total. The number of rotatable bonds is 6. The first-order valence-electron chi connectivity index (χ1n) is 6.70. The van der Waals surface area contributed by atoms with E-state index in [2.05, 4.69) is 15.3 Å². The number of aromatic nitrogens is 2. The van der Waals surface area contributed by atoms with Gasteiger partial charge in [0.05, 0.1) is 20.4 Å². The number of hydrogen-bond donors (Lipinski definition) is 1. The van der Waals surface area contributed by atoms with E-state index in [0.717, 1.165) is 12.5 Å². The highest BCUT2D eigenvalue weighted by atomic mass is 35.5. The standard InChI is InChI=1S/C15H16ClF2N3O2/c1-15(17,18)13-14(16)21-12(8-20-13)19-7-9-4-5-10(22-2)6-11(9)23-3/h4-6,8H,7H2,1-3H3,(H,19,21). The van der Waals surface area contributed by atoms with E-state index in [9.17, 15) is 8.78 Å². The van der Waals surface area contributed by atoms with Gasteiger partial charge in [0.25, 0.3) is 5.92 Å². The number of nitrogens with zero attached hydrogens (tertiary/aromatic N) is 2. The molecule has 0 bridgehead atoms. The fourth-order valence-corrected chi connectivity index (χ4v) is 2.24. The molecule has 8 heteroatoms. The maximum atomic E-state index is 13.2. The van der Waals surface area contributed by atoms with Crippen LogP contribution in [0, 0.1) is 0 Å². The van der Waals surface area contributed by atoms with Crippen LogP contribution >= 0.6 is 11.6 Å². The summed E-state index contributed by atoms with van der Waals surface area (Å²) < 4.78 is 36.9. The van der Waals surface area contributed by atoms with E-state index in [1.54, 1.807) is 26.4 Å². The van der Waals surface area contributed by atoms with Gasteiger partial charge in [0.2, 0.25) is 0 Å². The minimum atomic E-state index is -3.14. The van der Waals surface area contributed by atoms with Crippen LogP contribution in [0.5, 0.6) is 11.5 Å². The van der Waals surface area contributed by atoms with Crippen LogP contribution in [0.4, 0.5) is 14.6 Å². The third-order valence-electron chi connectivity index (χ3n) is 3.10. The molecule has 0 radical (unpaired) electrons. The molecule has 0 spiro atoms. The Morgan fingerprint density at radius 3 is 2.57 bits per heavy atom. The van der Waals surface area contributed by atoms with Crippen LogP contribution < -0.4 is 14.8 Å². The predicted molar refractivity (Wildman–Crippen MR) is 83.5 cm³/mol. The highest BCUT2D eigenvalue weighted by Gasteiger charge is 2.30. The topological polar surface area (TPSA) is 56.3 Å². The number of anilines is 1. The van der Waals surface area contributed by atoms with Crippen molar-refractivity contribution in [1.29, 1.82) is 0 Å². The van der Waals surface area contributed by atoms with E-state index in [1.165, 1.54) is 6.20 Å². The molecule has 0 atom stereocenters. The number of benzene rings is 1. The predicted octanol–water partition coefficient (Wildman–Crippen LogP) is 3.87. The fraction of sp³-hybridized carbons (Fsp3) is 0.333. The molecule has 0 aliphatic carbocycles. The van der Waals surface area contributed by atoms with Crippen LogP contribution in [0.25, 0.3) is 0 Å². The van der Waals surface area contributed by atoms with E-state index in [1.807, 2.05) is 6.07 Å². The fourth-order valence-electron chi connectivity index (χ4n) is 1.93. The van der Waals surface area contributed by atoms with Crippen molar-refractivity contribution in [1.82, 2.24) is 9.97 Å². The van der Waals surface area contributed by atoms with Crippen molar-refractivity contribution < 1.29 is 18.3 Å². The van der Waals surface area contributed by atoms with Crippen molar-refractivity contribution in [3.8, 4) is 11.5 Å². The molecule has 0 fully saturated rings. The normalized spacial score (nSPS) is 11.2. The average Bonchev–Trinajstić information content (AvgIpc) is 2.51. The zero-order chi connectivity index (χ0) is 17.0. The number of hydrogen-bond acceptors (Lipinski definition) is 5.